The fourth-order valence-electron chi connectivity index (χ4n) is 4.30. The van der Waals surface area contributed by atoms with E-state index in [-0.39, 0.29) is 0 Å². The molecule has 2 unspecified atom stereocenters. The second-order valence-electron chi connectivity index (χ2n) is 8.68. The Kier molecular flexibility index (Phi) is 9.47. The molecule has 1 aliphatic heterocycles. The molecule has 0 amide bonds. The molecule has 1 saturated heterocycles. The van der Waals surface area contributed by atoms with E-state index in [2.05, 4.69) is 29.2 Å². The normalized spacial score (nSPS) is 17.5. The molecule has 35 heavy (non-hydrogen) atoms. The lowest BCUT2D eigenvalue weighted by Crippen LogP contribution is -2.37. The van der Waals surface area contributed by atoms with Crippen LogP contribution in [-0.2, 0) is 22.1 Å². The Balaban J connectivity index is 1.38. The lowest BCUT2D eigenvalue weighted by molar-refractivity contribution is 0.0829. The summed E-state index contributed by atoms with van der Waals surface area (Å²) in [5.74, 6) is 0.477. The number of piperidine rings is 1. The highest BCUT2D eigenvalue weighted by Crippen LogP contribution is 2.32. The van der Waals surface area contributed by atoms with Gasteiger partial charge in [-0.1, -0.05) is 41.9 Å². The second-order valence-corrected chi connectivity index (χ2v) is 12.7. The second kappa shape index (κ2) is 12.5. The van der Waals surface area contributed by atoms with Gasteiger partial charge in [0.15, 0.2) is 0 Å². The lowest BCUT2D eigenvalue weighted by atomic mass is 9.97. The minimum absolute atomic E-state index is 0.477. The zero-order chi connectivity index (χ0) is 24.8. The predicted octanol–water partition coefficient (Wildman–Crippen LogP) is 7.25. The topological polar surface area (TPSA) is 42.4 Å². The summed E-state index contributed by atoms with van der Waals surface area (Å²) in [5.41, 5.74) is 4.45. The number of aromatic nitrogens is 1. The van der Waals surface area contributed by atoms with Crippen molar-refractivity contribution in [2.24, 2.45) is 5.92 Å². The number of thioether (sulfide) groups is 1. The maximum atomic E-state index is 12.1. The van der Waals surface area contributed by atoms with Crippen molar-refractivity contribution >= 4 is 57.3 Å². The first kappa shape index (κ1) is 26.4. The van der Waals surface area contributed by atoms with Gasteiger partial charge >= 0.3 is 0 Å². The van der Waals surface area contributed by atoms with Crippen molar-refractivity contribution in [2.45, 2.75) is 26.4 Å². The first-order chi connectivity index (χ1) is 16.9. The highest BCUT2D eigenvalue weighted by molar-refractivity contribution is 8.16. The number of para-hydroxylation sites is 1. The van der Waals surface area contributed by atoms with Gasteiger partial charge in [-0.05, 0) is 61.8 Å². The Hall–Kier alpha value is -1.64. The van der Waals surface area contributed by atoms with Gasteiger partial charge < -0.3 is 9.64 Å². The number of aryl methyl sites for hydroxylation is 1. The summed E-state index contributed by atoms with van der Waals surface area (Å²) in [6.07, 6.45) is 8.10. The lowest BCUT2D eigenvalue weighted by Gasteiger charge is -2.35. The molecule has 186 valence electrons. The van der Waals surface area contributed by atoms with Crippen LogP contribution in [0.25, 0.3) is 16.6 Å². The standard InChI is InChI=1S/C27H31ClN2O2S3/c1-19-25(34-27(29-19)21-10-12-23(28)13-11-21)18-32-17-20-7-6-14-30(16-20)24-9-5-4-8-22(24)15-26(33-2)35(3)31/h4-5,8-13,15,20H,6-7,14,16-18H2,1-3H3/b26-15-. The molecule has 4 rings (SSSR count). The molecule has 1 aromatic heterocycles. The third kappa shape index (κ3) is 6.98. The molecule has 1 aliphatic rings. The van der Waals surface area contributed by atoms with Gasteiger partial charge in [0.25, 0.3) is 0 Å². The Morgan fingerprint density at radius 1 is 1.29 bits per heavy atom. The zero-order valence-corrected chi connectivity index (χ0v) is 23.5. The number of benzene rings is 2. The summed E-state index contributed by atoms with van der Waals surface area (Å²) in [4.78, 5) is 8.37. The summed E-state index contributed by atoms with van der Waals surface area (Å²) in [7, 11) is -0.985. The van der Waals surface area contributed by atoms with Crippen LogP contribution in [0.2, 0.25) is 5.02 Å². The highest BCUT2D eigenvalue weighted by atomic mass is 35.5. The van der Waals surface area contributed by atoms with Gasteiger partial charge in [0.1, 0.15) is 5.01 Å². The third-order valence-electron chi connectivity index (χ3n) is 6.12. The van der Waals surface area contributed by atoms with Crippen molar-refractivity contribution in [1.29, 1.82) is 0 Å². The van der Waals surface area contributed by atoms with Gasteiger partial charge in [-0.3, -0.25) is 4.21 Å². The van der Waals surface area contributed by atoms with Crippen molar-refractivity contribution in [1.82, 2.24) is 4.98 Å². The Morgan fingerprint density at radius 2 is 2.06 bits per heavy atom. The van der Waals surface area contributed by atoms with E-state index in [0.717, 1.165) is 57.2 Å². The van der Waals surface area contributed by atoms with Crippen molar-refractivity contribution in [3.05, 3.63) is 73.9 Å². The van der Waals surface area contributed by atoms with E-state index in [1.165, 1.54) is 17.0 Å². The van der Waals surface area contributed by atoms with Gasteiger partial charge in [-0.2, -0.15) is 0 Å². The van der Waals surface area contributed by atoms with Gasteiger partial charge in [-0.15, -0.1) is 23.1 Å². The average Bonchev–Trinajstić information content (AvgIpc) is 3.23. The molecule has 0 spiro atoms. The van der Waals surface area contributed by atoms with E-state index in [9.17, 15) is 4.21 Å². The summed E-state index contributed by atoms with van der Waals surface area (Å²) in [6.45, 7) is 5.37. The van der Waals surface area contributed by atoms with Crippen LogP contribution < -0.4 is 4.90 Å². The SMILES string of the molecule is CS/C(=C/c1ccccc1N1CCCC(COCc2sc(-c3ccc(Cl)cc3)nc2C)C1)S(C)=O. The molecule has 0 aliphatic carbocycles. The van der Waals surface area contributed by atoms with Gasteiger partial charge in [0.05, 0.1) is 38.8 Å². The van der Waals surface area contributed by atoms with E-state index in [4.69, 9.17) is 21.3 Å². The molecule has 0 bridgehead atoms. The Labute approximate surface area is 224 Å². The van der Waals surface area contributed by atoms with Crippen LogP contribution in [0.1, 0.15) is 29.0 Å². The fourth-order valence-corrected chi connectivity index (χ4v) is 6.91. The van der Waals surface area contributed by atoms with E-state index < -0.39 is 10.8 Å². The number of nitrogens with zero attached hydrogens (tertiary/aromatic N) is 2. The monoisotopic (exact) mass is 546 g/mol. The van der Waals surface area contributed by atoms with Gasteiger partial charge in [0, 0.05) is 35.6 Å². The van der Waals surface area contributed by atoms with Crippen molar-refractivity contribution < 1.29 is 8.95 Å². The van der Waals surface area contributed by atoms with Crippen molar-refractivity contribution in [3.8, 4) is 10.6 Å². The van der Waals surface area contributed by atoms with Gasteiger partial charge in [0.2, 0.25) is 0 Å². The molecular weight excluding hydrogens is 516 g/mol. The molecule has 4 nitrogen and oxygen atoms in total. The molecule has 3 aromatic rings. The summed E-state index contributed by atoms with van der Waals surface area (Å²) >= 11 is 9.26. The van der Waals surface area contributed by atoms with E-state index in [1.54, 1.807) is 29.4 Å². The smallest absolute Gasteiger partial charge is 0.123 e. The average molecular weight is 547 g/mol. The molecule has 1 fully saturated rings. The molecule has 0 saturated carbocycles. The minimum Gasteiger partial charge on any atom is -0.376 e. The molecule has 2 atom stereocenters. The van der Waals surface area contributed by atoms with Gasteiger partial charge in [-0.25, -0.2) is 4.98 Å². The first-order valence-electron chi connectivity index (χ1n) is 11.7. The molecule has 8 heteroatoms. The number of ether oxygens (including phenoxy) is 1. The molecule has 0 N–H and O–H groups in total. The largest absolute Gasteiger partial charge is 0.376 e. The van der Waals surface area contributed by atoms with E-state index in [0.29, 0.717) is 12.5 Å². The zero-order valence-electron chi connectivity index (χ0n) is 20.3. The maximum absolute atomic E-state index is 12.1. The molecule has 2 aromatic carbocycles. The number of rotatable bonds is 9. The minimum atomic E-state index is -0.985. The van der Waals surface area contributed by atoms with Crippen LogP contribution in [0, 0.1) is 12.8 Å². The van der Waals surface area contributed by atoms with E-state index >= 15 is 0 Å². The Morgan fingerprint density at radius 3 is 2.80 bits per heavy atom. The van der Waals surface area contributed by atoms with E-state index in [1.807, 2.05) is 43.5 Å². The Bertz CT molecular complexity index is 1190. The fraction of sp³-hybridized carbons (Fsp3) is 0.370. The summed E-state index contributed by atoms with van der Waals surface area (Å²) in [5, 5.41) is 1.74. The van der Waals surface area contributed by atoms with Crippen LogP contribution in [0.15, 0.2) is 52.8 Å². The number of thiazole rings is 1. The number of halogens is 1. The number of hydrogen-bond donors (Lipinski definition) is 0. The number of hydrogen-bond acceptors (Lipinski definition) is 6. The highest BCUT2D eigenvalue weighted by Gasteiger charge is 2.22. The summed E-state index contributed by atoms with van der Waals surface area (Å²) in [6, 6.07) is 16.2. The van der Waals surface area contributed by atoms with Crippen LogP contribution >= 0.6 is 34.7 Å². The summed E-state index contributed by atoms with van der Waals surface area (Å²) < 4.78 is 19.2. The first-order valence-corrected chi connectivity index (χ1v) is 15.7. The number of anilines is 1. The molecular formula is C27H31ClN2O2S3. The predicted molar refractivity (Wildman–Crippen MR) is 154 cm³/mol. The molecule has 0 radical (unpaired) electrons. The third-order valence-corrected chi connectivity index (χ3v) is 9.97. The molecule has 2 heterocycles. The van der Waals surface area contributed by atoms with Crippen LogP contribution in [-0.4, -0.2) is 41.4 Å². The van der Waals surface area contributed by atoms with Crippen LogP contribution in [0.4, 0.5) is 5.69 Å². The van der Waals surface area contributed by atoms with Crippen LogP contribution in [0.3, 0.4) is 0 Å². The maximum Gasteiger partial charge on any atom is 0.123 e. The van der Waals surface area contributed by atoms with Crippen molar-refractivity contribution in [3.63, 3.8) is 0 Å². The quantitative estimate of drug-likeness (QED) is 0.283. The van der Waals surface area contributed by atoms with Crippen LogP contribution in [0.5, 0.6) is 0 Å². The van der Waals surface area contributed by atoms with Crippen molar-refractivity contribution in [2.75, 3.05) is 37.1 Å².